The van der Waals surface area contributed by atoms with Crippen molar-refractivity contribution in [3.05, 3.63) is 11.6 Å². The minimum absolute atomic E-state index is 0. The second-order valence-electron chi connectivity index (χ2n) is 2.89. The SMILES string of the molecule is COC(=O)[C@H]1C[C@@H](N)C=C1C.Cl. The Morgan fingerprint density at radius 2 is 2.33 bits per heavy atom. The van der Waals surface area contributed by atoms with Crippen LogP contribution in [0.1, 0.15) is 13.3 Å². The van der Waals surface area contributed by atoms with Gasteiger partial charge in [-0.1, -0.05) is 11.6 Å². The summed E-state index contributed by atoms with van der Waals surface area (Å²) >= 11 is 0. The molecule has 0 radical (unpaired) electrons. The molecule has 1 aliphatic carbocycles. The zero-order chi connectivity index (χ0) is 8.43. The number of hydrogen-bond acceptors (Lipinski definition) is 3. The predicted octanol–water partition coefficient (Wildman–Crippen LogP) is 0.875. The van der Waals surface area contributed by atoms with Crippen molar-refractivity contribution >= 4 is 18.4 Å². The van der Waals surface area contributed by atoms with Gasteiger partial charge >= 0.3 is 5.97 Å². The summed E-state index contributed by atoms with van der Waals surface area (Å²) in [4.78, 5) is 11.1. The second-order valence-corrected chi connectivity index (χ2v) is 2.89. The Morgan fingerprint density at radius 1 is 1.75 bits per heavy atom. The average molecular weight is 192 g/mol. The van der Waals surface area contributed by atoms with Gasteiger partial charge < -0.3 is 10.5 Å². The molecule has 0 saturated heterocycles. The van der Waals surface area contributed by atoms with E-state index in [2.05, 4.69) is 4.74 Å². The van der Waals surface area contributed by atoms with E-state index in [9.17, 15) is 4.79 Å². The lowest BCUT2D eigenvalue weighted by atomic mass is 10.0. The summed E-state index contributed by atoms with van der Waals surface area (Å²) in [5.41, 5.74) is 6.66. The van der Waals surface area contributed by atoms with E-state index < -0.39 is 0 Å². The number of carbonyl (C=O) groups is 1. The van der Waals surface area contributed by atoms with Gasteiger partial charge in [0.05, 0.1) is 13.0 Å². The molecule has 12 heavy (non-hydrogen) atoms. The summed E-state index contributed by atoms with van der Waals surface area (Å²) in [6.07, 6.45) is 2.61. The van der Waals surface area contributed by atoms with Crippen LogP contribution in [0.5, 0.6) is 0 Å². The molecule has 2 atom stereocenters. The smallest absolute Gasteiger partial charge is 0.312 e. The maximum absolute atomic E-state index is 11.1. The van der Waals surface area contributed by atoms with Crippen molar-refractivity contribution in [2.24, 2.45) is 11.7 Å². The number of nitrogens with two attached hydrogens (primary N) is 1. The van der Waals surface area contributed by atoms with Crippen LogP contribution in [0, 0.1) is 5.92 Å². The van der Waals surface area contributed by atoms with Gasteiger partial charge in [-0.05, 0) is 13.3 Å². The molecule has 0 aromatic heterocycles. The van der Waals surface area contributed by atoms with E-state index in [4.69, 9.17) is 5.73 Å². The summed E-state index contributed by atoms with van der Waals surface area (Å²) in [6, 6.07) is 0.0269. The lowest BCUT2D eigenvalue weighted by Crippen LogP contribution is -2.20. The van der Waals surface area contributed by atoms with Crippen molar-refractivity contribution in [1.82, 2.24) is 0 Å². The van der Waals surface area contributed by atoms with Crippen LogP contribution >= 0.6 is 12.4 Å². The monoisotopic (exact) mass is 191 g/mol. The normalized spacial score (nSPS) is 27.4. The summed E-state index contributed by atoms with van der Waals surface area (Å²) in [7, 11) is 1.40. The highest BCUT2D eigenvalue weighted by molar-refractivity contribution is 5.85. The topological polar surface area (TPSA) is 52.3 Å². The molecular weight excluding hydrogens is 178 g/mol. The fraction of sp³-hybridized carbons (Fsp3) is 0.625. The Morgan fingerprint density at radius 3 is 2.67 bits per heavy atom. The fourth-order valence-electron chi connectivity index (χ4n) is 1.40. The van der Waals surface area contributed by atoms with Crippen LogP contribution in [-0.2, 0) is 9.53 Å². The van der Waals surface area contributed by atoms with Gasteiger partial charge in [-0.2, -0.15) is 0 Å². The van der Waals surface area contributed by atoms with Gasteiger partial charge in [-0.15, -0.1) is 12.4 Å². The van der Waals surface area contributed by atoms with Crippen molar-refractivity contribution < 1.29 is 9.53 Å². The van der Waals surface area contributed by atoms with Crippen molar-refractivity contribution in [2.45, 2.75) is 19.4 Å². The molecule has 0 aliphatic heterocycles. The molecule has 0 fully saturated rings. The third-order valence-corrected chi connectivity index (χ3v) is 2.02. The highest BCUT2D eigenvalue weighted by Gasteiger charge is 2.28. The van der Waals surface area contributed by atoms with Gasteiger partial charge in [0.2, 0.25) is 0 Å². The molecule has 4 heteroatoms. The molecule has 2 N–H and O–H groups in total. The molecule has 0 bridgehead atoms. The molecule has 0 amide bonds. The minimum atomic E-state index is -0.174. The van der Waals surface area contributed by atoms with Gasteiger partial charge in [0.15, 0.2) is 0 Å². The first kappa shape index (κ1) is 11.5. The van der Waals surface area contributed by atoms with E-state index in [-0.39, 0.29) is 30.3 Å². The number of hydrogen-bond donors (Lipinski definition) is 1. The van der Waals surface area contributed by atoms with Gasteiger partial charge in [-0.25, -0.2) is 0 Å². The number of ether oxygens (including phenoxy) is 1. The molecule has 0 saturated carbocycles. The molecule has 0 unspecified atom stereocenters. The van der Waals surface area contributed by atoms with Gasteiger partial charge in [-0.3, -0.25) is 4.79 Å². The van der Waals surface area contributed by atoms with Crippen molar-refractivity contribution in [1.29, 1.82) is 0 Å². The van der Waals surface area contributed by atoms with Crippen molar-refractivity contribution in [3.63, 3.8) is 0 Å². The molecule has 70 valence electrons. The lowest BCUT2D eigenvalue weighted by Gasteiger charge is -2.08. The molecular formula is C8H14ClNO2. The fourth-order valence-corrected chi connectivity index (χ4v) is 1.40. The van der Waals surface area contributed by atoms with Crippen LogP contribution in [0.3, 0.4) is 0 Å². The number of esters is 1. The van der Waals surface area contributed by atoms with E-state index in [1.54, 1.807) is 0 Å². The first-order valence-electron chi connectivity index (χ1n) is 3.67. The van der Waals surface area contributed by atoms with Gasteiger partial charge in [0.25, 0.3) is 0 Å². The maximum Gasteiger partial charge on any atom is 0.312 e. The Kier molecular flexibility index (Phi) is 4.28. The molecule has 0 aromatic carbocycles. The Balaban J connectivity index is 0.00000121. The zero-order valence-electron chi connectivity index (χ0n) is 7.24. The van der Waals surface area contributed by atoms with Crippen LogP contribution in [-0.4, -0.2) is 19.1 Å². The molecule has 0 spiro atoms. The first-order chi connectivity index (χ1) is 5.15. The van der Waals surface area contributed by atoms with Gasteiger partial charge in [0.1, 0.15) is 0 Å². The molecule has 3 nitrogen and oxygen atoms in total. The first-order valence-corrected chi connectivity index (χ1v) is 3.67. The van der Waals surface area contributed by atoms with E-state index in [1.165, 1.54) is 7.11 Å². The highest BCUT2D eigenvalue weighted by atomic mass is 35.5. The number of halogens is 1. The van der Waals surface area contributed by atoms with E-state index >= 15 is 0 Å². The average Bonchev–Trinajstić information content (AvgIpc) is 2.28. The van der Waals surface area contributed by atoms with E-state index in [1.807, 2.05) is 13.0 Å². The standard InChI is InChI=1S/C8H13NO2.ClH/c1-5-3-6(9)4-7(5)8(10)11-2;/h3,6-7H,4,9H2,1-2H3;1H/t6-,7-;/m0./s1. The Labute approximate surface area is 78.4 Å². The summed E-state index contributed by atoms with van der Waals surface area (Å²) in [6.45, 7) is 1.91. The number of carbonyl (C=O) groups excluding carboxylic acids is 1. The van der Waals surface area contributed by atoms with E-state index in [0.29, 0.717) is 6.42 Å². The largest absolute Gasteiger partial charge is 0.469 e. The second kappa shape index (κ2) is 4.48. The van der Waals surface area contributed by atoms with Crippen molar-refractivity contribution in [3.8, 4) is 0 Å². The highest BCUT2D eigenvalue weighted by Crippen LogP contribution is 2.25. The van der Waals surface area contributed by atoms with Crippen LogP contribution < -0.4 is 5.73 Å². The summed E-state index contributed by atoms with van der Waals surface area (Å²) in [5.74, 6) is -0.276. The number of methoxy groups -OCH3 is 1. The van der Waals surface area contributed by atoms with Crippen LogP contribution in [0.25, 0.3) is 0 Å². The van der Waals surface area contributed by atoms with E-state index in [0.717, 1.165) is 5.57 Å². The molecule has 0 heterocycles. The summed E-state index contributed by atoms with van der Waals surface area (Å²) < 4.78 is 4.62. The Hall–Kier alpha value is -0.540. The van der Waals surface area contributed by atoms with Crippen LogP contribution in [0.4, 0.5) is 0 Å². The zero-order valence-corrected chi connectivity index (χ0v) is 8.06. The van der Waals surface area contributed by atoms with Gasteiger partial charge in [0, 0.05) is 6.04 Å². The van der Waals surface area contributed by atoms with Crippen LogP contribution in [0.15, 0.2) is 11.6 Å². The number of rotatable bonds is 1. The molecule has 1 aliphatic rings. The third kappa shape index (κ3) is 2.22. The quantitative estimate of drug-likeness (QED) is 0.495. The lowest BCUT2D eigenvalue weighted by molar-refractivity contribution is -0.144. The molecule has 0 aromatic rings. The summed E-state index contributed by atoms with van der Waals surface area (Å²) in [5, 5.41) is 0. The molecule has 1 rings (SSSR count). The maximum atomic E-state index is 11.1. The minimum Gasteiger partial charge on any atom is -0.469 e. The Bertz CT molecular complexity index is 203. The van der Waals surface area contributed by atoms with Crippen LogP contribution in [0.2, 0.25) is 0 Å². The van der Waals surface area contributed by atoms with Crippen molar-refractivity contribution in [2.75, 3.05) is 7.11 Å². The third-order valence-electron chi connectivity index (χ3n) is 2.02. The predicted molar refractivity (Wildman–Crippen MR) is 49.1 cm³/mol.